The topological polar surface area (TPSA) is 114 Å². The molecule has 0 unspecified atom stereocenters. The Balaban J connectivity index is 1.95. The molecular formula is C18H13N3O4S. The predicted molar refractivity (Wildman–Crippen MR) is 95.6 cm³/mol. The second-order valence-corrected chi connectivity index (χ2v) is 7.79. The van der Waals surface area contributed by atoms with Crippen LogP contribution >= 0.6 is 0 Å². The number of aromatic hydroxyl groups is 1. The summed E-state index contributed by atoms with van der Waals surface area (Å²) in [6.07, 6.45) is 1.75. The van der Waals surface area contributed by atoms with Gasteiger partial charge in [0.15, 0.2) is 0 Å². The van der Waals surface area contributed by atoms with Gasteiger partial charge in [-0.25, -0.2) is 8.42 Å². The van der Waals surface area contributed by atoms with Crippen molar-refractivity contribution in [1.82, 2.24) is 4.98 Å². The summed E-state index contributed by atoms with van der Waals surface area (Å²) in [4.78, 5) is 14.5. The Bertz CT molecular complexity index is 1260. The van der Waals surface area contributed by atoms with Gasteiger partial charge in [-0.2, -0.15) is 5.26 Å². The molecule has 0 bridgehead atoms. The van der Waals surface area contributed by atoms with Crippen molar-refractivity contribution in [1.29, 1.82) is 5.26 Å². The van der Waals surface area contributed by atoms with Crippen molar-refractivity contribution in [3.8, 4) is 11.8 Å². The summed E-state index contributed by atoms with van der Waals surface area (Å²) in [5.41, 5.74) is 0.595. The third kappa shape index (κ3) is 2.25. The average Bonchev–Trinajstić information content (AvgIpc) is 3.07. The molecule has 4 rings (SSSR count). The van der Waals surface area contributed by atoms with Crippen molar-refractivity contribution in [2.45, 2.75) is 11.3 Å². The number of rotatable bonds is 2. The number of nitrogens with one attached hydrogen (secondary N) is 1. The molecule has 130 valence electrons. The number of aromatic nitrogens is 1. The fraction of sp³-hybridized carbons (Fsp3) is 0.111. The molecule has 0 atom stereocenters. The molecule has 0 aliphatic carbocycles. The lowest BCUT2D eigenvalue weighted by atomic mass is 10.1. The first-order valence-electron chi connectivity index (χ1n) is 7.82. The molecule has 3 aromatic rings. The number of hydrogen-bond acceptors (Lipinski definition) is 5. The van der Waals surface area contributed by atoms with Gasteiger partial charge in [0.1, 0.15) is 5.75 Å². The largest absolute Gasteiger partial charge is 0.508 e. The number of aromatic amines is 1. The molecule has 8 heteroatoms. The molecule has 2 aromatic carbocycles. The van der Waals surface area contributed by atoms with Crippen LogP contribution in [0.3, 0.4) is 0 Å². The van der Waals surface area contributed by atoms with Gasteiger partial charge >= 0.3 is 0 Å². The second-order valence-electron chi connectivity index (χ2n) is 5.96. The van der Waals surface area contributed by atoms with Gasteiger partial charge in [0.25, 0.3) is 15.6 Å². The van der Waals surface area contributed by atoms with Crippen LogP contribution in [0.25, 0.3) is 10.8 Å². The zero-order valence-corrected chi connectivity index (χ0v) is 14.2. The molecular weight excluding hydrogens is 354 g/mol. The monoisotopic (exact) mass is 367 g/mol. The number of benzene rings is 2. The Morgan fingerprint density at radius 3 is 2.77 bits per heavy atom. The summed E-state index contributed by atoms with van der Waals surface area (Å²) in [5.74, 6) is -0.0916. The first-order chi connectivity index (χ1) is 12.4. The minimum absolute atomic E-state index is 0.0100. The summed E-state index contributed by atoms with van der Waals surface area (Å²) in [6, 6.07) is 10.8. The summed E-state index contributed by atoms with van der Waals surface area (Å²) in [7, 11) is -3.98. The first-order valence-corrected chi connectivity index (χ1v) is 9.26. The molecule has 0 amide bonds. The summed E-state index contributed by atoms with van der Waals surface area (Å²) >= 11 is 0. The molecule has 2 N–H and O–H groups in total. The van der Waals surface area contributed by atoms with Crippen molar-refractivity contribution >= 4 is 26.5 Å². The van der Waals surface area contributed by atoms with Gasteiger partial charge in [-0.15, -0.1) is 0 Å². The van der Waals surface area contributed by atoms with E-state index in [4.69, 9.17) is 5.26 Å². The molecule has 7 nitrogen and oxygen atoms in total. The van der Waals surface area contributed by atoms with Gasteiger partial charge in [-0.3, -0.25) is 9.10 Å². The van der Waals surface area contributed by atoms with Gasteiger partial charge in [0.05, 0.1) is 22.2 Å². The van der Waals surface area contributed by atoms with Crippen LogP contribution in [-0.2, 0) is 16.4 Å². The Labute approximate surface area is 148 Å². The van der Waals surface area contributed by atoms with E-state index in [1.54, 1.807) is 12.1 Å². The normalized spacial score (nSPS) is 13.6. The number of phenols is 1. The lowest BCUT2D eigenvalue weighted by Crippen LogP contribution is -2.29. The maximum atomic E-state index is 13.3. The van der Waals surface area contributed by atoms with E-state index in [1.807, 2.05) is 6.07 Å². The Morgan fingerprint density at radius 2 is 2.00 bits per heavy atom. The Morgan fingerprint density at radius 1 is 1.19 bits per heavy atom. The number of H-pyrrole nitrogens is 1. The van der Waals surface area contributed by atoms with E-state index in [1.165, 1.54) is 34.8 Å². The van der Waals surface area contributed by atoms with Crippen LogP contribution in [0, 0.1) is 11.3 Å². The molecule has 1 aliphatic rings. The molecule has 0 radical (unpaired) electrons. The van der Waals surface area contributed by atoms with Crippen molar-refractivity contribution < 1.29 is 13.5 Å². The zero-order chi connectivity index (χ0) is 18.5. The first kappa shape index (κ1) is 16.2. The number of pyridine rings is 1. The lowest BCUT2D eigenvalue weighted by Gasteiger charge is -2.20. The van der Waals surface area contributed by atoms with E-state index >= 15 is 0 Å². The Hall–Kier alpha value is -3.31. The molecule has 1 aliphatic heterocycles. The minimum Gasteiger partial charge on any atom is -0.508 e. The van der Waals surface area contributed by atoms with E-state index in [9.17, 15) is 18.3 Å². The highest BCUT2D eigenvalue weighted by molar-refractivity contribution is 7.93. The minimum atomic E-state index is -3.98. The van der Waals surface area contributed by atoms with E-state index in [0.717, 1.165) is 0 Å². The van der Waals surface area contributed by atoms with Crippen molar-refractivity contribution in [3.63, 3.8) is 0 Å². The third-order valence-corrected chi connectivity index (χ3v) is 6.38. The van der Waals surface area contributed by atoms with E-state index in [-0.39, 0.29) is 33.7 Å². The molecule has 0 fully saturated rings. The maximum Gasteiger partial charge on any atom is 0.264 e. The van der Waals surface area contributed by atoms with Crippen LogP contribution in [0.2, 0.25) is 0 Å². The van der Waals surface area contributed by atoms with Gasteiger partial charge in [0.2, 0.25) is 0 Å². The third-order valence-electron chi connectivity index (χ3n) is 4.51. The number of hydrogen-bond donors (Lipinski definition) is 2. The predicted octanol–water partition coefficient (Wildman–Crippen LogP) is 1.86. The number of fused-ring (bicyclic) bond motifs is 2. The highest BCUT2D eigenvalue weighted by atomic mass is 32.2. The van der Waals surface area contributed by atoms with Gasteiger partial charge < -0.3 is 10.1 Å². The summed E-state index contributed by atoms with van der Waals surface area (Å²) in [5, 5.41) is 19.8. The molecule has 26 heavy (non-hydrogen) atoms. The number of phenolic OH excluding ortho intramolecular Hbond substituents is 1. The fourth-order valence-corrected chi connectivity index (χ4v) is 5.00. The molecule has 2 heterocycles. The lowest BCUT2D eigenvalue weighted by molar-refractivity contribution is 0.470. The average molecular weight is 367 g/mol. The van der Waals surface area contributed by atoms with Crippen LogP contribution in [0.1, 0.15) is 11.1 Å². The summed E-state index contributed by atoms with van der Waals surface area (Å²) in [6.45, 7) is 0.152. The zero-order valence-electron chi connectivity index (χ0n) is 13.4. The van der Waals surface area contributed by atoms with Gasteiger partial charge in [-0.05, 0) is 36.8 Å². The number of sulfonamides is 1. The SMILES string of the molecule is N#Cc1cc(O)c2c(c1)N(S(=O)(=O)c1cccc3c(=O)[nH]ccc13)CC2. The van der Waals surface area contributed by atoms with Crippen LogP contribution in [0.15, 0.2) is 52.3 Å². The van der Waals surface area contributed by atoms with Crippen LogP contribution in [0.5, 0.6) is 5.75 Å². The van der Waals surface area contributed by atoms with Crippen molar-refractivity contribution in [2.24, 2.45) is 0 Å². The summed E-state index contributed by atoms with van der Waals surface area (Å²) < 4.78 is 27.7. The standard InChI is InChI=1S/C18H13N3O4S/c19-10-11-8-15-14(16(22)9-11)5-7-21(15)26(24,25)17-3-1-2-13-12(17)4-6-20-18(13)23/h1-4,6,8-9,22H,5,7H2,(H,20,23). The van der Waals surface area contributed by atoms with Gasteiger partial charge in [0, 0.05) is 29.1 Å². The van der Waals surface area contributed by atoms with Crippen LogP contribution in [0.4, 0.5) is 5.69 Å². The van der Waals surface area contributed by atoms with E-state index < -0.39 is 10.0 Å². The van der Waals surface area contributed by atoms with E-state index in [2.05, 4.69) is 4.98 Å². The Kier molecular flexibility index (Phi) is 3.49. The van der Waals surface area contributed by atoms with E-state index in [0.29, 0.717) is 23.1 Å². The fourth-order valence-electron chi connectivity index (χ4n) is 3.30. The highest BCUT2D eigenvalue weighted by Crippen LogP contribution is 2.39. The maximum absolute atomic E-state index is 13.3. The van der Waals surface area contributed by atoms with Gasteiger partial charge in [-0.1, -0.05) is 6.07 Å². The quantitative estimate of drug-likeness (QED) is 0.717. The number of nitriles is 1. The molecule has 1 aromatic heterocycles. The number of anilines is 1. The molecule has 0 spiro atoms. The molecule has 0 saturated heterocycles. The highest BCUT2D eigenvalue weighted by Gasteiger charge is 2.33. The molecule has 0 saturated carbocycles. The second kappa shape index (κ2) is 5.61. The number of nitrogens with zero attached hydrogens (tertiary/aromatic N) is 2. The van der Waals surface area contributed by atoms with Crippen LogP contribution in [-0.4, -0.2) is 25.1 Å². The van der Waals surface area contributed by atoms with Crippen molar-refractivity contribution in [2.75, 3.05) is 10.8 Å². The van der Waals surface area contributed by atoms with Crippen molar-refractivity contribution in [3.05, 3.63) is 64.1 Å². The van der Waals surface area contributed by atoms with Crippen LogP contribution < -0.4 is 9.86 Å². The smallest absolute Gasteiger partial charge is 0.264 e.